The first-order valence-corrected chi connectivity index (χ1v) is 6.82. The highest BCUT2D eigenvalue weighted by Gasteiger charge is 2.29. The average Bonchev–Trinajstić information content (AvgIpc) is 2.45. The van der Waals surface area contributed by atoms with Gasteiger partial charge in [0, 0.05) is 26.1 Å². The van der Waals surface area contributed by atoms with Crippen molar-refractivity contribution in [1.82, 2.24) is 9.80 Å². The van der Waals surface area contributed by atoms with E-state index in [2.05, 4.69) is 4.90 Å². The topological polar surface area (TPSA) is 60.9 Å². The van der Waals surface area contributed by atoms with Crippen LogP contribution in [0.25, 0.3) is 0 Å². The number of likely N-dealkylation sites (N-methyl/N-ethyl adjacent to an activating group) is 1. The summed E-state index contributed by atoms with van der Waals surface area (Å²) in [6.45, 7) is 2.25. The summed E-state index contributed by atoms with van der Waals surface area (Å²) in [6, 6.07) is 9.92. The molecule has 2 rings (SSSR count). The first kappa shape index (κ1) is 14.5. The molecule has 1 aliphatic heterocycles. The number of hydrogen-bond acceptors (Lipinski definition) is 3. The molecule has 1 fully saturated rings. The standard InChI is InChI=1S/C15H20N2O3/c1-16-9-10-17(14(18)7-8-15(19)20)13(11-16)12-5-3-2-4-6-12/h2-6,13H,7-11H2,1H3,(H,19,20). The van der Waals surface area contributed by atoms with Crippen LogP contribution in [0.3, 0.4) is 0 Å². The Morgan fingerprint density at radius 2 is 1.90 bits per heavy atom. The summed E-state index contributed by atoms with van der Waals surface area (Å²) in [4.78, 5) is 26.9. The predicted octanol–water partition coefficient (Wildman–Crippen LogP) is 1.37. The number of carboxylic acid groups (broad SMARTS) is 1. The van der Waals surface area contributed by atoms with Gasteiger partial charge in [0.2, 0.25) is 5.91 Å². The van der Waals surface area contributed by atoms with Crippen molar-refractivity contribution in [2.24, 2.45) is 0 Å². The minimum Gasteiger partial charge on any atom is -0.481 e. The van der Waals surface area contributed by atoms with Crippen molar-refractivity contribution in [2.45, 2.75) is 18.9 Å². The smallest absolute Gasteiger partial charge is 0.303 e. The lowest BCUT2D eigenvalue weighted by atomic mass is 10.0. The van der Waals surface area contributed by atoms with E-state index < -0.39 is 5.97 Å². The van der Waals surface area contributed by atoms with Gasteiger partial charge in [-0.15, -0.1) is 0 Å². The summed E-state index contributed by atoms with van der Waals surface area (Å²) in [7, 11) is 2.04. The fourth-order valence-electron chi connectivity index (χ4n) is 2.54. The second-order valence-electron chi connectivity index (χ2n) is 5.17. The second kappa shape index (κ2) is 6.52. The van der Waals surface area contributed by atoms with Gasteiger partial charge < -0.3 is 14.9 Å². The molecular formula is C15H20N2O3. The molecule has 20 heavy (non-hydrogen) atoms. The molecule has 1 unspecified atom stereocenters. The number of aliphatic carboxylic acids is 1. The zero-order valence-electron chi connectivity index (χ0n) is 11.7. The van der Waals surface area contributed by atoms with Crippen LogP contribution >= 0.6 is 0 Å². The van der Waals surface area contributed by atoms with E-state index in [0.717, 1.165) is 18.7 Å². The van der Waals surface area contributed by atoms with Crippen LogP contribution in [0, 0.1) is 0 Å². The van der Waals surface area contributed by atoms with E-state index in [4.69, 9.17) is 5.11 Å². The fourth-order valence-corrected chi connectivity index (χ4v) is 2.54. The monoisotopic (exact) mass is 276 g/mol. The largest absolute Gasteiger partial charge is 0.481 e. The normalized spacial score (nSPS) is 19.9. The van der Waals surface area contributed by atoms with Gasteiger partial charge in [-0.05, 0) is 12.6 Å². The Kier molecular flexibility index (Phi) is 4.74. The number of nitrogens with zero attached hydrogens (tertiary/aromatic N) is 2. The van der Waals surface area contributed by atoms with Crippen LogP contribution in [-0.4, -0.2) is 53.5 Å². The zero-order chi connectivity index (χ0) is 14.5. The van der Waals surface area contributed by atoms with E-state index in [1.807, 2.05) is 42.3 Å². The summed E-state index contributed by atoms with van der Waals surface area (Å²) in [5.41, 5.74) is 1.10. The fraction of sp³-hybridized carbons (Fsp3) is 0.467. The number of amides is 1. The molecule has 0 aliphatic carbocycles. The molecule has 0 saturated carbocycles. The number of piperazine rings is 1. The molecule has 5 heteroatoms. The maximum atomic E-state index is 12.2. The van der Waals surface area contributed by atoms with E-state index >= 15 is 0 Å². The van der Waals surface area contributed by atoms with Gasteiger partial charge in [0.25, 0.3) is 0 Å². The lowest BCUT2D eigenvalue weighted by Crippen LogP contribution is -2.49. The number of carbonyl (C=O) groups is 2. The number of hydrogen-bond donors (Lipinski definition) is 1. The van der Waals surface area contributed by atoms with Crippen LogP contribution in [0.15, 0.2) is 30.3 Å². The van der Waals surface area contributed by atoms with E-state index in [0.29, 0.717) is 6.54 Å². The van der Waals surface area contributed by atoms with E-state index in [-0.39, 0.29) is 24.8 Å². The molecule has 1 amide bonds. The Balaban J connectivity index is 2.12. The minimum absolute atomic E-state index is 0.0104. The third-order valence-corrected chi connectivity index (χ3v) is 3.64. The van der Waals surface area contributed by atoms with Gasteiger partial charge in [-0.3, -0.25) is 9.59 Å². The molecule has 1 saturated heterocycles. The van der Waals surface area contributed by atoms with Crippen LogP contribution < -0.4 is 0 Å². The van der Waals surface area contributed by atoms with Crippen molar-refractivity contribution in [2.75, 3.05) is 26.7 Å². The summed E-state index contributed by atoms with van der Waals surface area (Å²) in [5, 5.41) is 8.71. The van der Waals surface area contributed by atoms with Crippen LogP contribution in [-0.2, 0) is 9.59 Å². The number of carboxylic acids is 1. The van der Waals surface area contributed by atoms with Crippen molar-refractivity contribution < 1.29 is 14.7 Å². The van der Waals surface area contributed by atoms with Crippen molar-refractivity contribution in [3.05, 3.63) is 35.9 Å². The van der Waals surface area contributed by atoms with Crippen LogP contribution in [0.4, 0.5) is 0 Å². The third-order valence-electron chi connectivity index (χ3n) is 3.64. The highest BCUT2D eigenvalue weighted by molar-refractivity contribution is 5.81. The SMILES string of the molecule is CN1CCN(C(=O)CCC(=O)O)C(c2ccccc2)C1. The molecule has 1 N–H and O–H groups in total. The van der Waals surface area contributed by atoms with E-state index in [9.17, 15) is 9.59 Å². The first-order chi connectivity index (χ1) is 9.58. The maximum Gasteiger partial charge on any atom is 0.303 e. The highest BCUT2D eigenvalue weighted by atomic mass is 16.4. The molecule has 0 radical (unpaired) electrons. The average molecular weight is 276 g/mol. The summed E-state index contributed by atoms with van der Waals surface area (Å²) < 4.78 is 0. The van der Waals surface area contributed by atoms with Gasteiger partial charge in [0.05, 0.1) is 12.5 Å². The number of benzene rings is 1. The van der Waals surface area contributed by atoms with Crippen molar-refractivity contribution >= 4 is 11.9 Å². The Labute approximate surface area is 118 Å². The molecule has 1 aliphatic rings. The van der Waals surface area contributed by atoms with Gasteiger partial charge >= 0.3 is 5.97 Å². The molecule has 5 nitrogen and oxygen atoms in total. The summed E-state index contributed by atoms with van der Waals surface area (Å²) >= 11 is 0. The van der Waals surface area contributed by atoms with Gasteiger partial charge in [0.15, 0.2) is 0 Å². The predicted molar refractivity (Wildman–Crippen MR) is 75.3 cm³/mol. The van der Waals surface area contributed by atoms with Crippen LogP contribution in [0.2, 0.25) is 0 Å². The lowest BCUT2D eigenvalue weighted by Gasteiger charge is -2.40. The Hall–Kier alpha value is -1.88. The maximum absolute atomic E-state index is 12.2. The molecule has 0 bridgehead atoms. The van der Waals surface area contributed by atoms with Gasteiger partial charge in [-0.1, -0.05) is 30.3 Å². The summed E-state index contributed by atoms with van der Waals surface area (Å²) in [5.74, 6) is -1.00. The molecule has 108 valence electrons. The first-order valence-electron chi connectivity index (χ1n) is 6.82. The summed E-state index contributed by atoms with van der Waals surface area (Å²) in [6.07, 6.45) is -0.0327. The second-order valence-corrected chi connectivity index (χ2v) is 5.17. The van der Waals surface area contributed by atoms with Crippen molar-refractivity contribution in [1.29, 1.82) is 0 Å². The zero-order valence-corrected chi connectivity index (χ0v) is 11.7. The molecule has 0 aromatic heterocycles. The quantitative estimate of drug-likeness (QED) is 0.902. The van der Waals surface area contributed by atoms with Crippen molar-refractivity contribution in [3.8, 4) is 0 Å². The van der Waals surface area contributed by atoms with Crippen LogP contribution in [0.5, 0.6) is 0 Å². The number of rotatable bonds is 4. The van der Waals surface area contributed by atoms with E-state index in [1.165, 1.54) is 0 Å². The van der Waals surface area contributed by atoms with Gasteiger partial charge in [0.1, 0.15) is 0 Å². The third kappa shape index (κ3) is 3.57. The Morgan fingerprint density at radius 3 is 2.55 bits per heavy atom. The number of carbonyl (C=O) groups excluding carboxylic acids is 1. The molecular weight excluding hydrogens is 256 g/mol. The Morgan fingerprint density at radius 1 is 1.20 bits per heavy atom. The molecule has 1 aromatic carbocycles. The Bertz CT molecular complexity index is 475. The minimum atomic E-state index is -0.927. The molecule has 0 spiro atoms. The molecule has 1 atom stereocenters. The highest BCUT2D eigenvalue weighted by Crippen LogP contribution is 2.25. The van der Waals surface area contributed by atoms with Crippen LogP contribution in [0.1, 0.15) is 24.4 Å². The van der Waals surface area contributed by atoms with Crippen molar-refractivity contribution in [3.63, 3.8) is 0 Å². The lowest BCUT2D eigenvalue weighted by molar-refractivity contribution is -0.142. The van der Waals surface area contributed by atoms with Gasteiger partial charge in [-0.2, -0.15) is 0 Å². The van der Waals surface area contributed by atoms with Gasteiger partial charge in [-0.25, -0.2) is 0 Å². The molecule has 1 aromatic rings. The van der Waals surface area contributed by atoms with E-state index in [1.54, 1.807) is 0 Å². The molecule has 1 heterocycles.